The standard InChI is InChI=1S/C19H28ClN3O3/c1-13(19(25)21-15-7-5-4-6-8-15)23(2)12-18(24)22-16-11-14(20)9-10-17(16)26-3/h9-11,13,15H,4-8,12H2,1-3H3,(H,21,25)(H,22,24). The van der Waals surface area contributed by atoms with Crippen LogP contribution in [0, 0.1) is 0 Å². The molecule has 7 heteroatoms. The minimum absolute atomic E-state index is 0.0347. The van der Waals surface area contributed by atoms with Gasteiger partial charge >= 0.3 is 0 Å². The molecule has 1 aromatic carbocycles. The summed E-state index contributed by atoms with van der Waals surface area (Å²) >= 11 is 5.98. The van der Waals surface area contributed by atoms with E-state index in [4.69, 9.17) is 16.3 Å². The lowest BCUT2D eigenvalue weighted by atomic mass is 9.95. The van der Waals surface area contributed by atoms with E-state index in [0.29, 0.717) is 16.5 Å². The monoisotopic (exact) mass is 381 g/mol. The van der Waals surface area contributed by atoms with Crippen LogP contribution in [0.2, 0.25) is 5.02 Å². The number of hydrogen-bond donors (Lipinski definition) is 2. The zero-order valence-electron chi connectivity index (χ0n) is 15.7. The Bertz CT molecular complexity index is 632. The van der Waals surface area contributed by atoms with E-state index < -0.39 is 0 Å². The predicted molar refractivity (Wildman–Crippen MR) is 104 cm³/mol. The minimum atomic E-state index is -0.385. The molecular formula is C19H28ClN3O3. The van der Waals surface area contributed by atoms with E-state index in [1.807, 2.05) is 6.92 Å². The van der Waals surface area contributed by atoms with Crippen LogP contribution in [0.15, 0.2) is 18.2 Å². The third-order valence-electron chi connectivity index (χ3n) is 4.82. The highest BCUT2D eigenvalue weighted by molar-refractivity contribution is 6.31. The van der Waals surface area contributed by atoms with Crippen molar-refractivity contribution in [1.29, 1.82) is 0 Å². The summed E-state index contributed by atoms with van der Waals surface area (Å²) in [6.07, 6.45) is 5.65. The molecule has 1 fully saturated rings. The zero-order chi connectivity index (χ0) is 19.1. The second-order valence-corrected chi connectivity index (χ2v) is 7.26. The van der Waals surface area contributed by atoms with E-state index in [2.05, 4.69) is 10.6 Å². The van der Waals surface area contributed by atoms with Gasteiger partial charge in [-0.05, 0) is 45.0 Å². The molecule has 1 aromatic rings. The SMILES string of the molecule is COc1ccc(Cl)cc1NC(=O)CN(C)C(C)C(=O)NC1CCCCC1. The number of carbonyl (C=O) groups is 2. The number of rotatable bonds is 7. The first-order valence-electron chi connectivity index (χ1n) is 9.04. The maximum Gasteiger partial charge on any atom is 0.238 e. The Morgan fingerprint density at radius 3 is 2.65 bits per heavy atom. The molecule has 144 valence electrons. The highest BCUT2D eigenvalue weighted by atomic mass is 35.5. The molecule has 6 nitrogen and oxygen atoms in total. The summed E-state index contributed by atoms with van der Waals surface area (Å²) in [6.45, 7) is 1.90. The molecule has 26 heavy (non-hydrogen) atoms. The highest BCUT2D eigenvalue weighted by Gasteiger charge is 2.23. The van der Waals surface area contributed by atoms with Crippen LogP contribution in [0.4, 0.5) is 5.69 Å². The molecule has 1 unspecified atom stereocenters. The van der Waals surface area contributed by atoms with Crippen LogP contribution in [-0.2, 0) is 9.59 Å². The van der Waals surface area contributed by atoms with E-state index in [-0.39, 0.29) is 30.4 Å². The summed E-state index contributed by atoms with van der Waals surface area (Å²) in [5.41, 5.74) is 0.512. The molecule has 0 saturated heterocycles. The maximum absolute atomic E-state index is 12.4. The van der Waals surface area contributed by atoms with Gasteiger partial charge in [0.2, 0.25) is 11.8 Å². The Labute approximate surface area is 160 Å². The number of hydrogen-bond acceptors (Lipinski definition) is 4. The van der Waals surface area contributed by atoms with E-state index >= 15 is 0 Å². The van der Waals surface area contributed by atoms with Crippen molar-refractivity contribution in [2.75, 3.05) is 26.0 Å². The molecule has 2 amide bonds. The maximum atomic E-state index is 12.4. The number of nitrogens with one attached hydrogen (secondary N) is 2. The number of methoxy groups -OCH3 is 1. The number of carbonyl (C=O) groups excluding carboxylic acids is 2. The van der Waals surface area contributed by atoms with Crippen molar-refractivity contribution in [2.45, 2.75) is 51.1 Å². The Hall–Kier alpha value is -1.79. The number of likely N-dealkylation sites (N-methyl/N-ethyl adjacent to an activating group) is 1. The van der Waals surface area contributed by atoms with Gasteiger partial charge in [-0.15, -0.1) is 0 Å². The normalized spacial score (nSPS) is 16.2. The molecule has 0 aromatic heterocycles. The molecule has 1 saturated carbocycles. The van der Waals surface area contributed by atoms with Crippen molar-refractivity contribution in [3.05, 3.63) is 23.2 Å². The van der Waals surface area contributed by atoms with Crippen LogP contribution in [0.25, 0.3) is 0 Å². The Morgan fingerprint density at radius 2 is 2.00 bits per heavy atom. The van der Waals surface area contributed by atoms with Gasteiger partial charge in [0.1, 0.15) is 5.75 Å². The fraction of sp³-hybridized carbons (Fsp3) is 0.579. The van der Waals surface area contributed by atoms with E-state index in [1.165, 1.54) is 26.4 Å². The molecule has 0 heterocycles. The molecule has 2 N–H and O–H groups in total. The van der Waals surface area contributed by atoms with Crippen LogP contribution in [-0.4, -0.2) is 49.5 Å². The first kappa shape index (κ1) is 20.5. The molecule has 0 spiro atoms. The second-order valence-electron chi connectivity index (χ2n) is 6.83. The average molecular weight is 382 g/mol. The highest BCUT2D eigenvalue weighted by Crippen LogP contribution is 2.27. The van der Waals surface area contributed by atoms with Gasteiger partial charge in [-0.2, -0.15) is 0 Å². The summed E-state index contributed by atoms with van der Waals surface area (Å²) in [6, 6.07) is 4.90. The molecule has 0 radical (unpaired) electrons. The van der Waals surface area contributed by atoms with Gasteiger partial charge < -0.3 is 15.4 Å². The molecule has 1 aliphatic carbocycles. The summed E-state index contributed by atoms with van der Waals surface area (Å²) in [5.74, 6) is 0.270. The number of nitrogens with zero attached hydrogens (tertiary/aromatic N) is 1. The minimum Gasteiger partial charge on any atom is -0.495 e. The van der Waals surface area contributed by atoms with Crippen molar-refractivity contribution in [3.63, 3.8) is 0 Å². The van der Waals surface area contributed by atoms with Crippen molar-refractivity contribution in [1.82, 2.24) is 10.2 Å². The molecule has 0 aliphatic heterocycles. The summed E-state index contributed by atoms with van der Waals surface area (Å²) in [5, 5.41) is 6.39. The van der Waals surface area contributed by atoms with E-state index in [1.54, 1.807) is 30.1 Å². The number of halogens is 1. The summed E-state index contributed by atoms with van der Waals surface area (Å²) in [4.78, 5) is 26.5. The van der Waals surface area contributed by atoms with Gasteiger partial charge in [0.15, 0.2) is 0 Å². The lowest BCUT2D eigenvalue weighted by Crippen LogP contribution is -2.49. The average Bonchev–Trinajstić information content (AvgIpc) is 2.62. The smallest absolute Gasteiger partial charge is 0.238 e. The van der Waals surface area contributed by atoms with Crippen LogP contribution in [0.5, 0.6) is 5.75 Å². The van der Waals surface area contributed by atoms with Gasteiger partial charge in [-0.1, -0.05) is 30.9 Å². The van der Waals surface area contributed by atoms with Crippen molar-refractivity contribution < 1.29 is 14.3 Å². The summed E-state index contributed by atoms with van der Waals surface area (Å²) < 4.78 is 5.23. The lowest BCUT2D eigenvalue weighted by Gasteiger charge is -2.28. The van der Waals surface area contributed by atoms with Crippen LogP contribution in [0.3, 0.4) is 0 Å². The molecule has 1 aliphatic rings. The largest absolute Gasteiger partial charge is 0.495 e. The fourth-order valence-corrected chi connectivity index (χ4v) is 3.27. The zero-order valence-corrected chi connectivity index (χ0v) is 16.4. The van der Waals surface area contributed by atoms with Crippen molar-refractivity contribution in [3.8, 4) is 5.75 Å². The van der Waals surface area contributed by atoms with Gasteiger partial charge in [0.25, 0.3) is 0 Å². The fourth-order valence-electron chi connectivity index (χ4n) is 3.10. The molecule has 1 atom stereocenters. The number of benzene rings is 1. The quantitative estimate of drug-likeness (QED) is 0.761. The second kappa shape index (κ2) is 9.78. The third kappa shape index (κ3) is 5.88. The van der Waals surface area contributed by atoms with Gasteiger partial charge in [0, 0.05) is 11.1 Å². The summed E-state index contributed by atoms with van der Waals surface area (Å²) in [7, 11) is 3.29. The molecule has 0 bridgehead atoms. The van der Waals surface area contributed by atoms with Gasteiger partial charge in [-0.3, -0.25) is 14.5 Å². The first-order chi connectivity index (χ1) is 12.4. The lowest BCUT2D eigenvalue weighted by molar-refractivity contribution is -0.127. The number of anilines is 1. The Balaban J connectivity index is 1.87. The van der Waals surface area contributed by atoms with Crippen LogP contribution in [0.1, 0.15) is 39.0 Å². The predicted octanol–water partition coefficient (Wildman–Crippen LogP) is 3.06. The molecule has 2 rings (SSSR count). The first-order valence-corrected chi connectivity index (χ1v) is 9.42. The Kier molecular flexibility index (Phi) is 7.72. The topological polar surface area (TPSA) is 70.7 Å². The number of amides is 2. The van der Waals surface area contributed by atoms with Gasteiger partial charge in [0.05, 0.1) is 25.4 Å². The van der Waals surface area contributed by atoms with E-state index in [9.17, 15) is 9.59 Å². The van der Waals surface area contributed by atoms with Crippen molar-refractivity contribution in [2.24, 2.45) is 0 Å². The van der Waals surface area contributed by atoms with E-state index in [0.717, 1.165) is 12.8 Å². The van der Waals surface area contributed by atoms with Crippen LogP contribution >= 0.6 is 11.6 Å². The Morgan fingerprint density at radius 1 is 1.31 bits per heavy atom. The van der Waals surface area contributed by atoms with Crippen molar-refractivity contribution >= 4 is 29.1 Å². The third-order valence-corrected chi connectivity index (χ3v) is 5.06. The van der Waals surface area contributed by atoms with Crippen LogP contribution < -0.4 is 15.4 Å². The molecular weight excluding hydrogens is 354 g/mol. The number of ether oxygens (including phenoxy) is 1. The van der Waals surface area contributed by atoms with Gasteiger partial charge in [-0.25, -0.2) is 0 Å².